The molecule has 0 saturated carbocycles. The van der Waals surface area contributed by atoms with Crippen LogP contribution in [-0.2, 0) is 9.53 Å². The van der Waals surface area contributed by atoms with Crippen molar-refractivity contribution in [2.75, 3.05) is 7.05 Å². The minimum absolute atomic E-state index is 0.0320. The summed E-state index contributed by atoms with van der Waals surface area (Å²) < 4.78 is 15.9. The van der Waals surface area contributed by atoms with E-state index in [-0.39, 0.29) is 11.8 Å². The Morgan fingerprint density at radius 3 is 2.03 bits per heavy atom. The van der Waals surface area contributed by atoms with Crippen molar-refractivity contribution in [3.8, 4) is 17.2 Å². The number of nitro benzene ring substituents is 1. The third-order valence-electron chi connectivity index (χ3n) is 3.76. The standard InChI is InChI=1S/C19H22N3O7P/c1-13(2)27-19(23)14(3)21(4)20-30(26)29-18-11-9-17(10-12-18)28-16-7-5-15(6-8-16)22(24)25/h5-14H,1-4H3. The zero-order valence-corrected chi connectivity index (χ0v) is 17.8. The first-order valence-electron chi connectivity index (χ1n) is 8.98. The molecule has 0 aliphatic heterocycles. The lowest BCUT2D eigenvalue weighted by Gasteiger charge is -2.17. The summed E-state index contributed by atoms with van der Waals surface area (Å²) in [7, 11) is -0.949. The van der Waals surface area contributed by atoms with E-state index in [1.54, 1.807) is 45.0 Å². The minimum Gasteiger partial charge on any atom is -0.574 e. The molecule has 2 aromatic rings. The van der Waals surface area contributed by atoms with Crippen LogP contribution in [0.15, 0.2) is 53.4 Å². The monoisotopic (exact) mass is 435 g/mol. The number of hydrogen-bond acceptors (Lipinski definition) is 8. The number of esters is 1. The van der Waals surface area contributed by atoms with Crippen LogP contribution in [0.2, 0.25) is 0 Å². The molecule has 0 aliphatic carbocycles. The quantitative estimate of drug-likeness (QED) is 0.252. The van der Waals surface area contributed by atoms with Crippen LogP contribution in [0, 0.1) is 10.1 Å². The highest BCUT2D eigenvalue weighted by Crippen LogP contribution is 2.29. The number of non-ortho nitro benzene ring substituents is 1. The van der Waals surface area contributed by atoms with Gasteiger partial charge in [0.15, 0.2) is 5.75 Å². The fraction of sp³-hybridized carbons (Fsp3) is 0.316. The summed E-state index contributed by atoms with van der Waals surface area (Å²) in [5, 5.41) is 11.9. The first kappa shape index (κ1) is 23.2. The van der Waals surface area contributed by atoms with Crippen LogP contribution in [0.25, 0.3) is 0 Å². The first-order chi connectivity index (χ1) is 14.2. The van der Waals surface area contributed by atoms with Crippen molar-refractivity contribution >= 4 is 19.8 Å². The van der Waals surface area contributed by atoms with Gasteiger partial charge in [-0.2, -0.15) is 0 Å². The molecule has 10 nitrogen and oxygen atoms in total. The van der Waals surface area contributed by atoms with Crippen LogP contribution in [0.1, 0.15) is 20.8 Å². The average molecular weight is 435 g/mol. The van der Waals surface area contributed by atoms with Gasteiger partial charge in [-0.25, -0.2) is 0 Å². The number of hydrogen-bond donors (Lipinski definition) is 0. The number of carbonyl (C=O) groups excluding carboxylic acids is 1. The molecular formula is C19H22N3O7P. The van der Waals surface area contributed by atoms with Gasteiger partial charge in [0.25, 0.3) is 5.69 Å². The highest BCUT2D eigenvalue weighted by Gasteiger charge is 2.23. The first-order valence-corrected chi connectivity index (χ1v) is 10.1. The van der Waals surface area contributed by atoms with E-state index in [0.717, 1.165) is 0 Å². The van der Waals surface area contributed by atoms with E-state index in [2.05, 4.69) is 4.85 Å². The van der Waals surface area contributed by atoms with Gasteiger partial charge in [-0.3, -0.25) is 19.4 Å². The largest absolute Gasteiger partial charge is 0.574 e. The molecule has 2 unspecified atom stereocenters. The number of carbonyl (C=O) groups is 1. The van der Waals surface area contributed by atoms with E-state index in [1.165, 1.54) is 36.3 Å². The molecule has 0 aliphatic rings. The van der Waals surface area contributed by atoms with Gasteiger partial charge in [0.05, 0.1) is 11.0 Å². The molecule has 0 aromatic heterocycles. The Hall–Kier alpha value is -3.07. The molecule has 0 bridgehead atoms. The van der Waals surface area contributed by atoms with Gasteiger partial charge in [-0.05, 0) is 57.2 Å². The smallest absolute Gasteiger partial charge is 0.412 e. The van der Waals surface area contributed by atoms with Crippen molar-refractivity contribution in [3.63, 3.8) is 0 Å². The number of benzene rings is 2. The Balaban J connectivity index is 1.95. The average Bonchev–Trinajstić information content (AvgIpc) is 2.68. The third-order valence-corrected chi connectivity index (χ3v) is 4.55. The molecule has 0 heterocycles. The SMILES string of the molecule is CC(C)OC(=O)C(C)N(C)/N=[P+](\[O-])Oc1ccc(Oc2ccc([N+](=O)[O-])cc2)cc1. The molecule has 160 valence electrons. The minimum atomic E-state index is -2.45. The highest BCUT2D eigenvalue weighted by molar-refractivity contribution is 7.33. The predicted molar refractivity (Wildman–Crippen MR) is 108 cm³/mol. The van der Waals surface area contributed by atoms with Crippen molar-refractivity contribution in [2.45, 2.75) is 32.9 Å². The lowest BCUT2D eigenvalue weighted by Crippen LogP contribution is -2.35. The normalized spacial score (nSPS) is 12.6. The van der Waals surface area contributed by atoms with E-state index >= 15 is 0 Å². The summed E-state index contributed by atoms with van der Waals surface area (Å²) in [6.45, 7) is 5.06. The summed E-state index contributed by atoms with van der Waals surface area (Å²) in [4.78, 5) is 38.0. The fourth-order valence-corrected chi connectivity index (χ4v) is 2.85. The summed E-state index contributed by atoms with van der Waals surface area (Å²) in [6, 6.07) is 11.2. The van der Waals surface area contributed by atoms with E-state index < -0.39 is 25.1 Å². The van der Waals surface area contributed by atoms with Crippen molar-refractivity contribution in [2.24, 2.45) is 4.85 Å². The van der Waals surface area contributed by atoms with E-state index in [4.69, 9.17) is 14.0 Å². The topological polar surface area (TPSA) is 127 Å². The van der Waals surface area contributed by atoms with Crippen LogP contribution < -0.4 is 14.2 Å². The number of ether oxygens (including phenoxy) is 2. The molecular weight excluding hydrogens is 413 g/mol. The molecule has 2 aromatic carbocycles. The molecule has 11 heteroatoms. The molecule has 0 spiro atoms. The summed E-state index contributed by atoms with van der Waals surface area (Å²) in [5.41, 5.74) is -0.0320. The van der Waals surface area contributed by atoms with Gasteiger partial charge in [0.1, 0.15) is 17.5 Å². The zero-order chi connectivity index (χ0) is 22.3. The molecule has 30 heavy (non-hydrogen) atoms. The van der Waals surface area contributed by atoms with Crippen molar-refractivity contribution in [1.29, 1.82) is 0 Å². The van der Waals surface area contributed by atoms with Gasteiger partial charge >= 0.3 is 14.1 Å². The van der Waals surface area contributed by atoms with Crippen molar-refractivity contribution in [3.05, 3.63) is 58.6 Å². The van der Waals surface area contributed by atoms with Gasteiger partial charge < -0.3 is 14.4 Å². The van der Waals surface area contributed by atoms with Crippen LogP contribution in [0.3, 0.4) is 0 Å². The van der Waals surface area contributed by atoms with Crippen molar-refractivity contribution in [1.82, 2.24) is 5.01 Å². The number of nitro groups is 1. The summed E-state index contributed by atoms with van der Waals surface area (Å²) >= 11 is 0. The number of likely N-dealkylation sites (N-methyl/N-ethyl adjacent to an activating group) is 1. The van der Waals surface area contributed by atoms with Crippen LogP contribution in [-0.4, -0.2) is 35.1 Å². The second-order valence-electron chi connectivity index (χ2n) is 6.48. The fourth-order valence-electron chi connectivity index (χ4n) is 2.12. The van der Waals surface area contributed by atoms with Crippen LogP contribution >= 0.6 is 8.17 Å². The molecule has 0 radical (unpaired) electrons. The van der Waals surface area contributed by atoms with Gasteiger partial charge in [0, 0.05) is 24.0 Å². The highest BCUT2D eigenvalue weighted by atomic mass is 31.1. The Bertz CT molecular complexity index is 901. The third kappa shape index (κ3) is 7.07. The van der Waals surface area contributed by atoms with Crippen molar-refractivity contribution < 1.29 is 28.6 Å². The molecule has 2 rings (SSSR count). The van der Waals surface area contributed by atoms with Crippen LogP contribution in [0.4, 0.5) is 5.69 Å². The molecule has 0 fully saturated rings. The predicted octanol–water partition coefficient (Wildman–Crippen LogP) is 3.81. The Kier molecular flexibility index (Phi) is 8.23. The zero-order valence-electron chi connectivity index (χ0n) is 16.9. The van der Waals surface area contributed by atoms with E-state index in [9.17, 15) is 19.8 Å². The van der Waals surface area contributed by atoms with E-state index in [1.807, 2.05) is 0 Å². The lowest BCUT2D eigenvalue weighted by molar-refractivity contribution is -0.384. The Morgan fingerprint density at radius 1 is 1.03 bits per heavy atom. The molecule has 0 N–H and O–H groups in total. The van der Waals surface area contributed by atoms with E-state index in [0.29, 0.717) is 17.2 Å². The van der Waals surface area contributed by atoms with Crippen LogP contribution in [0.5, 0.6) is 17.2 Å². The Morgan fingerprint density at radius 2 is 1.53 bits per heavy atom. The van der Waals surface area contributed by atoms with Gasteiger partial charge in [0.2, 0.25) is 0 Å². The maximum absolute atomic E-state index is 12.1. The number of nitrogens with zero attached hydrogens (tertiary/aromatic N) is 3. The maximum atomic E-state index is 12.1. The lowest BCUT2D eigenvalue weighted by atomic mass is 10.3. The second kappa shape index (κ2) is 10.6. The van der Waals surface area contributed by atoms with Gasteiger partial charge in [-0.15, -0.1) is 5.01 Å². The molecule has 0 saturated heterocycles. The van der Waals surface area contributed by atoms with Gasteiger partial charge in [-0.1, -0.05) is 0 Å². The number of rotatable bonds is 9. The molecule has 0 amide bonds. The molecule has 2 atom stereocenters. The second-order valence-corrected chi connectivity index (χ2v) is 7.32. The summed E-state index contributed by atoms with van der Waals surface area (Å²) in [6.07, 6.45) is -0.259. The maximum Gasteiger partial charge on any atom is 0.412 e. The summed E-state index contributed by atoms with van der Waals surface area (Å²) in [5.74, 6) is 0.707. The Labute approximate surface area is 174 Å².